The summed E-state index contributed by atoms with van der Waals surface area (Å²) in [5, 5.41) is 2.31. The van der Waals surface area contributed by atoms with E-state index in [0.717, 1.165) is 4.90 Å². The molecule has 1 aliphatic heterocycles. The lowest BCUT2D eigenvalue weighted by molar-refractivity contribution is -0.138. The van der Waals surface area contributed by atoms with Crippen LogP contribution in [0.5, 0.6) is 0 Å². The predicted octanol–water partition coefficient (Wildman–Crippen LogP) is -2.08. The van der Waals surface area contributed by atoms with Gasteiger partial charge in [0, 0.05) is 18.6 Å². The number of hydrogen-bond acceptors (Lipinski definition) is 5. The van der Waals surface area contributed by atoms with Crippen LogP contribution in [-0.4, -0.2) is 54.8 Å². The Kier molecular flexibility index (Phi) is 5.68. The molecular weight excluding hydrogens is 254 g/mol. The number of hydrogen-bond donors (Lipinski definition) is 2. The Morgan fingerprint density at radius 1 is 1.21 bits per heavy atom. The number of primary amides is 1. The van der Waals surface area contributed by atoms with Gasteiger partial charge in [-0.3, -0.25) is 24.1 Å². The average molecular weight is 269 g/mol. The lowest BCUT2D eigenvalue weighted by Gasteiger charge is -2.13. The molecule has 0 saturated carbocycles. The van der Waals surface area contributed by atoms with Gasteiger partial charge < -0.3 is 15.8 Å². The van der Waals surface area contributed by atoms with Gasteiger partial charge in [-0.2, -0.15) is 0 Å². The van der Waals surface area contributed by atoms with Gasteiger partial charge >= 0.3 is 0 Å². The van der Waals surface area contributed by atoms with E-state index in [0.29, 0.717) is 0 Å². The summed E-state index contributed by atoms with van der Waals surface area (Å²) in [6.07, 6.45) is 2.46. The average Bonchev–Trinajstić information content (AvgIpc) is 2.67. The predicted molar refractivity (Wildman–Crippen MR) is 63.5 cm³/mol. The largest absolute Gasteiger partial charge is 0.379 e. The van der Waals surface area contributed by atoms with Crippen LogP contribution in [0, 0.1) is 0 Å². The highest BCUT2D eigenvalue weighted by Crippen LogP contribution is 2.02. The lowest BCUT2D eigenvalue weighted by atomic mass is 10.4. The maximum absolute atomic E-state index is 11.2. The van der Waals surface area contributed by atoms with Crippen molar-refractivity contribution >= 4 is 23.6 Å². The van der Waals surface area contributed by atoms with Crippen LogP contribution in [0.3, 0.4) is 0 Å². The van der Waals surface area contributed by atoms with Crippen molar-refractivity contribution in [3.8, 4) is 0 Å². The molecule has 8 heteroatoms. The number of imide groups is 1. The van der Waals surface area contributed by atoms with Crippen LogP contribution in [0.4, 0.5) is 0 Å². The molecule has 4 amide bonds. The van der Waals surface area contributed by atoms with E-state index in [1.165, 1.54) is 12.2 Å². The molecule has 0 bridgehead atoms. The maximum Gasteiger partial charge on any atom is 0.253 e. The lowest BCUT2D eigenvalue weighted by Crippen LogP contribution is -2.34. The van der Waals surface area contributed by atoms with E-state index >= 15 is 0 Å². The first kappa shape index (κ1) is 14.8. The molecule has 0 spiro atoms. The second kappa shape index (κ2) is 7.27. The summed E-state index contributed by atoms with van der Waals surface area (Å²) in [5.74, 6) is -1.71. The Bertz CT molecular complexity index is 401. The molecule has 19 heavy (non-hydrogen) atoms. The summed E-state index contributed by atoms with van der Waals surface area (Å²) < 4.78 is 5.12. The first-order valence-corrected chi connectivity index (χ1v) is 5.67. The first-order chi connectivity index (χ1) is 9.00. The van der Waals surface area contributed by atoms with Gasteiger partial charge in [-0.05, 0) is 0 Å². The summed E-state index contributed by atoms with van der Waals surface area (Å²) in [5.41, 5.74) is 4.85. The van der Waals surface area contributed by atoms with Gasteiger partial charge in [0.25, 0.3) is 11.8 Å². The van der Waals surface area contributed by atoms with Gasteiger partial charge in [-0.1, -0.05) is 0 Å². The van der Waals surface area contributed by atoms with E-state index in [2.05, 4.69) is 5.32 Å². The Balaban J connectivity index is 2.05. The second-order valence-corrected chi connectivity index (χ2v) is 3.77. The molecule has 0 aliphatic carbocycles. The van der Waals surface area contributed by atoms with Gasteiger partial charge in [-0.15, -0.1) is 0 Å². The number of rotatable bonds is 8. The minimum atomic E-state index is -0.618. The van der Waals surface area contributed by atoms with Gasteiger partial charge in [0.15, 0.2) is 0 Å². The normalized spacial score (nSPS) is 14.0. The number of nitrogens with one attached hydrogen (secondary N) is 1. The van der Waals surface area contributed by atoms with Gasteiger partial charge in [-0.25, -0.2) is 0 Å². The minimum absolute atomic E-state index is 0.0768. The van der Waals surface area contributed by atoms with Crippen LogP contribution in [0.15, 0.2) is 12.2 Å². The Labute approximate surface area is 109 Å². The van der Waals surface area contributed by atoms with Gasteiger partial charge in [0.1, 0.15) is 0 Å². The van der Waals surface area contributed by atoms with Crippen molar-refractivity contribution in [2.24, 2.45) is 5.73 Å². The monoisotopic (exact) mass is 269 g/mol. The van der Waals surface area contributed by atoms with E-state index in [-0.39, 0.29) is 50.4 Å². The molecule has 1 heterocycles. The van der Waals surface area contributed by atoms with Crippen LogP contribution >= 0.6 is 0 Å². The molecule has 0 unspecified atom stereocenters. The third-order valence-corrected chi connectivity index (χ3v) is 2.29. The summed E-state index contributed by atoms with van der Waals surface area (Å²) in [6, 6.07) is 0. The fourth-order valence-electron chi connectivity index (χ4n) is 1.35. The molecule has 0 saturated heterocycles. The molecule has 0 radical (unpaired) electrons. The van der Waals surface area contributed by atoms with Crippen molar-refractivity contribution in [1.82, 2.24) is 10.2 Å². The molecule has 1 rings (SSSR count). The topological polar surface area (TPSA) is 119 Å². The maximum atomic E-state index is 11.2. The number of amides is 4. The van der Waals surface area contributed by atoms with Crippen LogP contribution < -0.4 is 11.1 Å². The molecule has 0 aromatic heterocycles. The van der Waals surface area contributed by atoms with Crippen LogP contribution in [0.25, 0.3) is 0 Å². The van der Waals surface area contributed by atoms with Crippen molar-refractivity contribution in [1.29, 1.82) is 0 Å². The first-order valence-electron chi connectivity index (χ1n) is 5.67. The van der Waals surface area contributed by atoms with Crippen LogP contribution in [0.1, 0.15) is 6.42 Å². The SMILES string of the molecule is NC(=O)CNC(=O)CCOCCN1C(=O)C=CC1=O. The third-order valence-electron chi connectivity index (χ3n) is 2.29. The van der Waals surface area contributed by atoms with Crippen molar-refractivity contribution in [3.05, 3.63) is 12.2 Å². The zero-order valence-electron chi connectivity index (χ0n) is 10.3. The molecular formula is C11H15N3O5. The van der Waals surface area contributed by atoms with E-state index in [4.69, 9.17) is 10.5 Å². The zero-order valence-corrected chi connectivity index (χ0v) is 10.3. The molecule has 0 aromatic carbocycles. The van der Waals surface area contributed by atoms with Gasteiger partial charge in [0.05, 0.1) is 26.3 Å². The van der Waals surface area contributed by atoms with E-state index in [1.807, 2.05) is 0 Å². The number of carbonyl (C=O) groups is 4. The van der Waals surface area contributed by atoms with Crippen molar-refractivity contribution < 1.29 is 23.9 Å². The minimum Gasteiger partial charge on any atom is -0.379 e. The molecule has 8 nitrogen and oxygen atoms in total. The Hall–Kier alpha value is -2.22. The van der Waals surface area contributed by atoms with E-state index < -0.39 is 5.91 Å². The van der Waals surface area contributed by atoms with E-state index in [9.17, 15) is 19.2 Å². The summed E-state index contributed by atoms with van der Waals surface area (Å²) in [4.78, 5) is 44.9. The van der Waals surface area contributed by atoms with Crippen LogP contribution in [0.2, 0.25) is 0 Å². The highest BCUT2D eigenvalue weighted by molar-refractivity contribution is 6.12. The molecule has 104 valence electrons. The standard InChI is InChI=1S/C11H15N3O5/c12-8(15)7-13-9(16)3-5-19-6-4-14-10(17)1-2-11(14)18/h1-2H,3-7H2,(H2,12,15)(H,13,16). The van der Waals surface area contributed by atoms with E-state index in [1.54, 1.807) is 0 Å². The molecule has 1 aliphatic rings. The third kappa shape index (κ3) is 5.30. The quantitative estimate of drug-likeness (QED) is 0.387. The number of nitrogens with two attached hydrogens (primary N) is 1. The number of nitrogens with zero attached hydrogens (tertiary/aromatic N) is 1. The second-order valence-electron chi connectivity index (χ2n) is 3.77. The summed E-state index contributed by atoms with van der Waals surface area (Å²) >= 11 is 0. The summed E-state index contributed by atoms with van der Waals surface area (Å²) in [7, 11) is 0. The fraction of sp³-hybridized carbons (Fsp3) is 0.455. The van der Waals surface area contributed by atoms with Crippen molar-refractivity contribution in [3.63, 3.8) is 0 Å². The smallest absolute Gasteiger partial charge is 0.253 e. The van der Waals surface area contributed by atoms with Crippen molar-refractivity contribution in [2.75, 3.05) is 26.3 Å². The van der Waals surface area contributed by atoms with Crippen LogP contribution in [-0.2, 0) is 23.9 Å². The number of ether oxygens (including phenoxy) is 1. The Morgan fingerprint density at radius 2 is 1.84 bits per heavy atom. The highest BCUT2D eigenvalue weighted by atomic mass is 16.5. The fourth-order valence-corrected chi connectivity index (χ4v) is 1.35. The van der Waals surface area contributed by atoms with Crippen molar-refractivity contribution in [2.45, 2.75) is 6.42 Å². The highest BCUT2D eigenvalue weighted by Gasteiger charge is 2.22. The molecule has 3 N–H and O–H groups in total. The molecule has 0 aromatic rings. The van der Waals surface area contributed by atoms with Gasteiger partial charge in [0.2, 0.25) is 11.8 Å². The Morgan fingerprint density at radius 3 is 2.42 bits per heavy atom. The zero-order chi connectivity index (χ0) is 14.3. The summed E-state index contributed by atoms with van der Waals surface area (Å²) in [6.45, 7) is 0.228. The molecule has 0 atom stereocenters. The number of carbonyl (C=O) groups excluding carboxylic acids is 4. The molecule has 0 fully saturated rings.